The number of ether oxygens (including phenoxy) is 1. The van der Waals surface area contributed by atoms with E-state index >= 15 is 0 Å². The van der Waals surface area contributed by atoms with Gasteiger partial charge in [0.15, 0.2) is 0 Å². The fourth-order valence-electron chi connectivity index (χ4n) is 1.94. The van der Waals surface area contributed by atoms with Crippen LogP contribution in [-0.4, -0.2) is 12.6 Å². The molecule has 17 heavy (non-hydrogen) atoms. The minimum absolute atomic E-state index is 0.00977. The maximum absolute atomic E-state index is 11.7. The van der Waals surface area contributed by atoms with Crippen molar-refractivity contribution in [3.63, 3.8) is 0 Å². The molecular weight excluding hydrogens is 212 g/mol. The van der Waals surface area contributed by atoms with Gasteiger partial charge in [0.25, 0.3) is 0 Å². The number of carbonyl (C=O) groups is 1. The van der Waals surface area contributed by atoms with E-state index in [-0.39, 0.29) is 11.9 Å². The molecule has 0 aliphatic rings. The van der Waals surface area contributed by atoms with Crippen LogP contribution in [0.5, 0.6) is 0 Å². The first-order valence-electron chi connectivity index (χ1n) is 7.28. The van der Waals surface area contributed by atoms with Gasteiger partial charge in [-0.2, -0.15) is 0 Å². The Balaban J connectivity index is 3.59. The molecule has 0 N–H and O–H groups in total. The summed E-state index contributed by atoms with van der Waals surface area (Å²) in [6.07, 6.45) is 8.17. The molecule has 0 saturated carbocycles. The lowest BCUT2D eigenvalue weighted by molar-refractivity contribution is -0.149. The van der Waals surface area contributed by atoms with Crippen molar-refractivity contribution >= 4 is 5.97 Å². The van der Waals surface area contributed by atoms with E-state index in [2.05, 4.69) is 20.8 Å². The molecule has 2 unspecified atom stereocenters. The summed E-state index contributed by atoms with van der Waals surface area (Å²) in [6, 6.07) is 0. The smallest absolute Gasteiger partial charge is 0.308 e. The summed E-state index contributed by atoms with van der Waals surface area (Å²) in [5, 5.41) is 0. The van der Waals surface area contributed by atoms with E-state index in [1.54, 1.807) is 0 Å². The minimum atomic E-state index is -0.00977. The van der Waals surface area contributed by atoms with Crippen molar-refractivity contribution in [3.8, 4) is 0 Å². The van der Waals surface area contributed by atoms with Gasteiger partial charge < -0.3 is 4.74 Å². The molecule has 0 aromatic heterocycles. The van der Waals surface area contributed by atoms with Crippen molar-refractivity contribution in [1.29, 1.82) is 0 Å². The van der Waals surface area contributed by atoms with E-state index in [9.17, 15) is 4.79 Å². The van der Waals surface area contributed by atoms with Gasteiger partial charge in [0, 0.05) is 0 Å². The Morgan fingerprint density at radius 2 is 1.71 bits per heavy atom. The maximum Gasteiger partial charge on any atom is 0.308 e. The molecular formula is C15H30O2. The van der Waals surface area contributed by atoms with Gasteiger partial charge in [0.2, 0.25) is 0 Å². The van der Waals surface area contributed by atoms with Gasteiger partial charge in [-0.25, -0.2) is 0 Å². The van der Waals surface area contributed by atoms with Crippen LogP contribution in [0.15, 0.2) is 0 Å². The lowest BCUT2D eigenvalue weighted by atomic mass is 10.0. The van der Waals surface area contributed by atoms with Gasteiger partial charge in [0.05, 0.1) is 12.5 Å². The summed E-state index contributed by atoms with van der Waals surface area (Å²) < 4.78 is 5.34. The fourth-order valence-corrected chi connectivity index (χ4v) is 1.94. The fraction of sp³-hybridized carbons (Fsp3) is 0.933. The zero-order valence-corrected chi connectivity index (χ0v) is 12.1. The molecule has 2 heteroatoms. The third-order valence-corrected chi connectivity index (χ3v) is 3.18. The Labute approximate surface area is 107 Å². The number of rotatable bonds is 10. The quantitative estimate of drug-likeness (QED) is 0.414. The molecule has 0 rings (SSSR count). The van der Waals surface area contributed by atoms with Crippen LogP contribution in [0.2, 0.25) is 0 Å². The highest BCUT2D eigenvalue weighted by Crippen LogP contribution is 2.13. The van der Waals surface area contributed by atoms with Crippen molar-refractivity contribution in [3.05, 3.63) is 0 Å². The molecule has 0 aliphatic carbocycles. The average molecular weight is 242 g/mol. The second-order valence-electron chi connectivity index (χ2n) is 5.27. The molecule has 2 nitrogen and oxygen atoms in total. The predicted molar refractivity (Wildman–Crippen MR) is 73.0 cm³/mol. The van der Waals surface area contributed by atoms with Gasteiger partial charge in [-0.15, -0.1) is 0 Å². The Hall–Kier alpha value is -0.530. The zero-order valence-electron chi connectivity index (χ0n) is 12.1. The summed E-state index contributed by atoms with van der Waals surface area (Å²) in [4.78, 5) is 11.7. The Morgan fingerprint density at radius 3 is 2.29 bits per heavy atom. The van der Waals surface area contributed by atoms with Gasteiger partial charge >= 0.3 is 5.97 Å². The number of esters is 1. The summed E-state index contributed by atoms with van der Waals surface area (Å²) >= 11 is 0. The van der Waals surface area contributed by atoms with E-state index in [0.717, 1.165) is 25.7 Å². The summed E-state index contributed by atoms with van der Waals surface area (Å²) in [7, 11) is 0. The van der Waals surface area contributed by atoms with Crippen LogP contribution in [0.25, 0.3) is 0 Å². The molecule has 0 bridgehead atoms. The number of hydrogen-bond donors (Lipinski definition) is 0. The lowest BCUT2D eigenvalue weighted by Crippen LogP contribution is -2.18. The van der Waals surface area contributed by atoms with Gasteiger partial charge in [-0.05, 0) is 18.8 Å². The first-order chi connectivity index (χ1) is 8.11. The molecule has 0 fully saturated rings. The number of carbonyl (C=O) groups excluding carboxylic acids is 1. The third-order valence-electron chi connectivity index (χ3n) is 3.18. The van der Waals surface area contributed by atoms with Gasteiger partial charge in [-0.1, -0.05) is 59.8 Å². The average Bonchev–Trinajstić information content (AvgIpc) is 2.31. The SMILES string of the molecule is CCCCCCC(C)C(=O)OCC(C)CCC. The molecule has 0 saturated heterocycles. The molecule has 0 aliphatic heterocycles. The van der Waals surface area contributed by atoms with Crippen LogP contribution in [0.1, 0.15) is 72.6 Å². The molecule has 2 atom stereocenters. The van der Waals surface area contributed by atoms with Crippen LogP contribution >= 0.6 is 0 Å². The van der Waals surface area contributed by atoms with E-state index in [1.165, 1.54) is 19.3 Å². The summed E-state index contributed by atoms with van der Waals surface area (Å²) in [5.41, 5.74) is 0. The molecule has 0 aromatic carbocycles. The molecule has 0 aromatic rings. The highest BCUT2D eigenvalue weighted by molar-refractivity contribution is 5.71. The van der Waals surface area contributed by atoms with Gasteiger partial charge in [-0.3, -0.25) is 4.79 Å². The standard InChI is InChI=1S/C15H30O2/c1-5-7-8-9-11-14(4)15(16)17-12-13(3)10-6-2/h13-14H,5-12H2,1-4H3. The van der Waals surface area contributed by atoms with Crippen LogP contribution in [0, 0.1) is 11.8 Å². The normalized spacial score (nSPS) is 14.4. The molecule has 0 spiro atoms. The lowest BCUT2D eigenvalue weighted by Gasteiger charge is -2.14. The highest BCUT2D eigenvalue weighted by atomic mass is 16.5. The Kier molecular flexibility index (Phi) is 10.3. The predicted octanol–water partition coefficient (Wildman–Crippen LogP) is 4.57. The van der Waals surface area contributed by atoms with Crippen molar-refractivity contribution in [1.82, 2.24) is 0 Å². The van der Waals surface area contributed by atoms with Crippen molar-refractivity contribution in [2.45, 2.75) is 72.6 Å². The zero-order chi connectivity index (χ0) is 13.1. The first-order valence-corrected chi connectivity index (χ1v) is 7.28. The largest absolute Gasteiger partial charge is 0.465 e. The number of hydrogen-bond acceptors (Lipinski definition) is 2. The molecule has 0 radical (unpaired) electrons. The Bertz CT molecular complexity index is 189. The second-order valence-corrected chi connectivity index (χ2v) is 5.27. The molecule has 102 valence electrons. The van der Waals surface area contributed by atoms with E-state index in [0.29, 0.717) is 12.5 Å². The topological polar surface area (TPSA) is 26.3 Å². The van der Waals surface area contributed by atoms with Crippen molar-refractivity contribution < 1.29 is 9.53 Å². The monoisotopic (exact) mass is 242 g/mol. The van der Waals surface area contributed by atoms with Crippen LogP contribution in [0.3, 0.4) is 0 Å². The summed E-state index contributed by atoms with van der Waals surface area (Å²) in [6.45, 7) is 9.08. The van der Waals surface area contributed by atoms with Crippen molar-refractivity contribution in [2.24, 2.45) is 11.8 Å². The Morgan fingerprint density at radius 1 is 1.00 bits per heavy atom. The van der Waals surface area contributed by atoms with E-state index in [4.69, 9.17) is 4.74 Å². The van der Waals surface area contributed by atoms with Crippen LogP contribution in [0.4, 0.5) is 0 Å². The molecule has 0 amide bonds. The van der Waals surface area contributed by atoms with Crippen molar-refractivity contribution in [2.75, 3.05) is 6.61 Å². The highest BCUT2D eigenvalue weighted by Gasteiger charge is 2.14. The maximum atomic E-state index is 11.7. The van der Waals surface area contributed by atoms with E-state index < -0.39 is 0 Å². The van der Waals surface area contributed by atoms with E-state index in [1.807, 2.05) is 6.92 Å². The van der Waals surface area contributed by atoms with Crippen LogP contribution < -0.4 is 0 Å². The van der Waals surface area contributed by atoms with Gasteiger partial charge in [0.1, 0.15) is 0 Å². The first kappa shape index (κ1) is 16.5. The third kappa shape index (κ3) is 9.20. The molecule has 0 heterocycles. The van der Waals surface area contributed by atoms with Crippen LogP contribution in [-0.2, 0) is 9.53 Å². The minimum Gasteiger partial charge on any atom is -0.465 e. The second kappa shape index (κ2) is 10.6. The number of unbranched alkanes of at least 4 members (excludes halogenated alkanes) is 3. The summed E-state index contributed by atoms with van der Waals surface area (Å²) in [5.74, 6) is 0.557.